The average Bonchev–Trinajstić information content (AvgIpc) is 2.72. The number of hydrogen-bond acceptors (Lipinski definition) is 6. The maximum absolute atomic E-state index is 8.56. The Morgan fingerprint density at radius 2 is 2.18 bits per heavy atom. The van der Waals surface area contributed by atoms with Crippen molar-refractivity contribution in [2.45, 2.75) is 39.0 Å². The van der Waals surface area contributed by atoms with Gasteiger partial charge < -0.3 is 19.7 Å². The lowest BCUT2D eigenvalue weighted by Crippen LogP contribution is -2.41. The highest BCUT2D eigenvalue weighted by Crippen LogP contribution is 2.16. The molecule has 1 aliphatic heterocycles. The van der Waals surface area contributed by atoms with E-state index in [2.05, 4.69) is 46.4 Å². The Kier molecular flexibility index (Phi) is 7.65. The summed E-state index contributed by atoms with van der Waals surface area (Å²) in [4.78, 5) is 6.88. The summed E-state index contributed by atoms with van der Waals surface area (Å²) < 4.78 is 11.3. The number of nitrogens with zero attached hydrogens (tertiary/aromatic N) is 3. The van der Waals surface area contributed by atoms with Crippen molar-refractivity contribution in [2.75, 3.05) is 31.2 Å². The molecule has 28 heavy (non-hydrogen) atoms. The van der Waals surface area contributed by atoms with E-state index < -0.39 is 0 Å². The molecule has 1 atom stereocenters. The number of ether oxygens (including phenoxy) is 2. The summed E-state index contributed by atoms with van der Waals surface area (Å²) in [5.41, 5.74) is 2.33. The topological polar surface area (TPSA) is 70.4 Å². The van der Waals surface area contributed by atoms with E-state index in [0.717, 1.165) is 56.3 Å². The van der Waals surface area contributed by atoms with Gasteiger partial charge in [-0.25, -0.2) is 4.98 Å². The van der Waals surface area contributed by atoms with E-state index in [1.54, 1.807) is 0 Å². The van der Waals surface area contributed by atoms with Gasteiger partial charge >= 0.3 is 0 Å². The lowest BCUT2D eigenvalue weighted by atomic mass is 10.2. The SMILES string of the molecule is CC1CN(c2ccc(CNCc3cccc(OCCCC#N)c3)cn2)CCO1. The number of anilines is 1. The van der Waals surface area contributed by atoms with E-state index >= 15 is 0 Å². The second-order valence-corrected chi connectivity index (χ2v) is 7.01. The maximum Gasteiger partial charge on any atom is 0.128 e. The minimum atomic E-state index is 0.253. The molecule has 1 unspecified atom stereocenters. The molecule has 2 heterocycles. The summed E-state index contributed by atoms with van der Waals surface area (Å²) in [6.45, 7) is 6.73. The Balaban J connectivity index is 1.44. The minimum absolute atomic E-state index is 0.253. The number of rotatable bonds is 9. The van der Waals surface area contributed by atoms with E-state index in [4.69, 9.17) is 14.7 Å². The highest BCUT2D eigenvalue weighted by atomic mass is 16.5. The summed E-state index contributed by atoms with van der Waals surface area (Å²) in [5, 5.41) is 12.0. The standard InChI is InChI=1S/C22H28N4O2/c1-18-17-26(10-12-27-18)22-8-7-20(16-25-22)15-24-14-19-5-4-6-21(13-19)28-11-3-2-9-23/h4-8,13,16,18,24H,2-3,10-12,14-15,17H2,1H3. The molecule has 1 N–H and O–H groups in total. The van der Waals surface area contributed by atoms with Gasteiger partial charge in [0.1, 0.15) is 11.6 Å². The van der Waals surface area contributed by atoms with E-state index in [1.807, 2.05) is 24.4 Å². The van der Waals surface area contributed by atoms with Crippen molar-refractivity contribution in [3.63, 3.8) is 0 Å². The number of nitrogens with one attached hydrogen (secondary N) is 1. The van der Waals surface area contributed by atoms with Crippen LogP contribution in [-0.4, -0.2) is 37.4 Å². The summed E-state index contributed by atoms with van der Waals surface area (Å²) in [6.07, 6.45) is 3.48. The first kappa shape index (κ1) is 20.1. The van der Waals surface area contributed by atoms with Gasteiger partial charge in [0.25, 0.3) is 0 Å². The zero-order valence-electron chi connectivity index (χ0n) is 16.4. The summed E-state index contributed by atoms with van der Waals surface area (Å²) in [5.74, 6) is 1.86. The molecule has 1 aromatic heterocycles. The quantitative estimate of drug-likeness (QED) is 0.673. The molecule has 6 heteroatoms. The van der Waals surface area contributed by atoms with Crippen molar-refractivity contribution < 1.29 is 9.47 Å². The van der Waals surface area contributed by atoms with E-state index in [-0.39, 0.29) is 6.10 Å². The zero-order valence-corrected chi connectivity index (χ0v) is 16.4. The van der Waals surface area contributed by atoms with Crippen molar-refractivity contribution in [3.05, 3.63) is 53.7 Å². The molecule has 1 saturated heterocycles. The largest absolute Gasteiger partial charge is 0.494 e. The van der Waals surface area contributed by atoms with Gasteiger partial charge in [0.15, 0.2) is 0 Å². The van der Waals surface area contributed by atoms with Crippen molar-refractivity contribution in [1.29, 1.82) is 5.26 Å². The predicted molar refractivity (Wildman–Crippen MR) is 109 cm³/mol. The first-order valence-electron chi connectivity index (χ1n) is 9.85. The first-order valence-corrected chi connectivity index (χ1v) is 9.85. The Hall–Kier alpha value is -2.62. The average molecular weight is 380 g/mol. The van der Waals surface area contributed by atoms with E-state index in [0.29, 0.717) is 13.0 Å². The molecule has 0 aliphatic carbocycles. The van der Waals surface area contributed by atoms with Crippen LogP contribution in [0, 0.1) is 11.3 Å². The van der Waals surface area contributed by atoms with Gasteiger partial charge in [-0.3, -0.25) is 0 Å². The normalized spacial score (nSPS) is 16.6. The Bertz CT molecular complexity index is 773. The van der Waals surface area contributed by atoms with Crippen LogP contribution in [0.15, 0.2) is 42.6 Å². The van der Waals surface area contributed by atoms with Gasteiger partial charge in [-0.1, -0.05) is 18.2 Å². The number of morpholine rings is 1. The maximum atomic E-state index is 8.56. The molecule has 1 aliphatic rings. The molecule has 3 rings (SSSR count). The number of benzene rings is 1. The molecule has 2 aromatic rings. The van der Waals surface area contributed by atoms with Crippen LogP contribution in [0.25, 0.3) is 0 Å². The lowest BCUT2D eigenvalue weighted by Gasteiger charge is -2.32. The van der Waals surface area contributed by atoms with Crippen molar-refractivity contribution in [3.8, 4) is 11.8 Å². The van der Waals surface area contributed by atoms with Crippen molar-refractivity contribution in [2.24, 2.45) is 0 Å². The van der Waals surface area contributed by atoms with Crippen LogP contribution in [0.2, 0.25) is 0 Å². The van der Waals surface area contributed by atoms with Crippen LogP contribution < -0.4 is 15.0 Å². The third-order valence-electron chi connectivity index (χ3n) is 4.63. The predicted octanol–water partition coefficient (Wildman–Crippen LogP) is 3.28. The van der Waals surface area contributed by atoms with Crippen LogP contribution in [0.5, 0.6) is 5.75 Å². The lowest BCUT2D eigenvalue weighted by molar-refractivity contribution is 0.0529. The molecular formula is C22H28N4O2. The van der Waals surface area contributed by atoms with Gasteiger partial charge in [-0.15, -0.1) is 0 Å². The Morgan fingerprint density at radius 1 is 1.29 bits per heavy atom. The molecule has 148 valence electrons. The number of unbranched alkanes of at least 4 members (excludes halogenated alkanes) is 1. The first-order chi connectivity index (χ1) is 13.7. The molecule has 0 amide bonds. The van der Waals surface area contributed by atoms with Crippen molar-refractivity contribution in [1.82, 2.24) is 10.3 Å². The summed E-state index contributed by atoms with van der Waals surface area (Å²) in [6, 6.07) is 14.4. The third-order valence-corrected chi connectivity index (χ3v) is 4.63. The number of aromatic nitrogens is 1. The monoisotopic (exact) mass is 380 g/mol. The van der Waals surface area contributed by atoms with E-state index in [1.165, 1.54) is 5.56 Å². The Labute approximate surface area is 167 Å². The van der Waals surface area contributed by atoms with Gasteiger partial charge in [0.2, 0.25) is 0 Å². The van der Waals surface area contributed by atoms with Crippen LogP contribution in [0.1, 0.15) is 30.9 Å². The number of pyridine rings is 1. The smallest absolute Gasteiger partial charge is 0.128 e. The third kappa shape index (κ3) is 6.22. The van der Waals surface area contributed by atoms with Crippen LogP contribution in [0.4, 0.5) is 5.82 Å². The second kappa shape index (κ2) is 10.6. The van der Waals surface area contributed by atoms with Gasteiger partial charge in [0.05, 0.1) is 25.4 Å². The second-order valence-electron chi connectivity index (χ2n) is 7.01. The fraction of sp³-hybridized carbons (Fsp3) is 0.455. The molecule has 1 fully saturated rings. The molecule has 0 bridgehead atoms. The van der Waals surface area contributed by atoms with Gasteiger partial charge in [-0.05, 0) is 42.7 Å². The Morgan fingerprint density at radius 3 is 2.96 bits per heavy atom. The molecule has 6 nitrogen and oxygen atoms in total. The molecule has 1 aromatic carbocycles. The fourth-order valence-electron chi connectivity index (χ4n) is 3.17. The molecule has 0 saturated carbocycles. The summed E-state index contributed by atoms with van der Waals surface area (Å²) >= 11 is 0. The highest BCUT2D eigenvalue weighted by molar-refractivity contribution is 5.40. The zero-order chi connectivity index (χ0) is 19.6. The van der Waals surface area contributed by atoms with Gasteiger partial charge in [-0.2, -0.15) is 5.26 Å². The number of nitriles is 1. The van der Waals surface area contributed by atoms with E-state index in [9.17, 15) is 0 Å². The molecule has 0 radical (unpaired) electrons. The van der Waals surface area contributed by atoms with Crippen LogP contribution in [0.3, 0.4) is 0 Å². The fourth-order valence-corrected chi connectivity index (χ4v) is 3.17. The number of hydrogen-bond donors (Lipinski definition) is 1. The molecule has 0 spiro atoms. The van der Waals surface area contributed by atoms with Gasteiger partial charge in [0, 0.05) is 38.8 Å². The highest BCUT2D eigenvalue weighted by Gasteiger charge is 2.17. The van der Waals surface area contributed by atoms with Crippen LogP contribution >= 0.6 is 0 Å². The molecular weight excluding hydrogens is 352 g/mol. The minimum Gasteiger partial charge on any atom is -0.494 e. The summed E-state index contributed by atoms with van der Waals surface area (Å²) in [7, 11) is 0. The van der Waals surface area contributed by atoms with Crippen molar-refractivity contribution >= 4 is 5.82 Å². The van der Waals surface area contributed by atoms with Crippen LogP contribution in [-0.2, 0) is 17.8 Å².